The fourth-order valence-electron chi connectivity index (χ4n) is 5.12. The molecular weight excluding hydrogens is 524 g/mol. The van der Waals surface area contributed by atoms with Crippen molar-refractivity contribution in [3.05, 3.63) is 127 Å². The van der Waals surface area contributed by atoms with Crippen molar-refractivity contribution in [1.82, 2.24) is 4.90 Å². The molecule has 1 heterocycles. The molecule has 0 N–H and O–H groups in total. The van der Waals surface area contributed by atoms with Crippen LogP contribution >= 0.6 is 7.26 Å². The summed E-state index contributed by atoms with van der Waals surface area (Å²) in [6, 6.07) is 42.2. The maximum atomic E-state index is 13.5. The molecule has 0 saturated carbocycles. The van der Waals surface area contributed by atoms with Crippen LogP contribution in [0.2, 0.25) is 0 Å². The molecule has 1 aliphatic rings. The molecule has 1 atom stereocenters. The second-order valence-corrected chi connectivity index (χ2v) is 12.7. The Labute approximate surface area is 226 Å². The Balaban J connectivity index is 0.000000648. The predicted octanol–water partition coefficient (Wildman–Crippen LogP) is 7.04. The standard InChI is InChI=1S/C30H29NO2P.BF4/c32-30(33-24-25-14-5-1-6-15-25)31-23-13-22-29(31)34(26-16-7-2-8-17-26,27-18-9-3-10-19-27)28-20-11-4-12-21-28;2-1(3,4)5/h1-12,14-21,29H,13,22-24H2;/q+1;-1/t29-;/m0./s1. The van der Waals surface area contributed by atoms with Gasteiger partial charge in [0.25, 0.3) is 0 Å². The molecule has 1 aliphatic heterocycles. The van der Waals surface area contributed by atoms with Crippen molar-refractivity contribution in [1.29, 1.82) is 0 Å². The molecular formula is C30H29BF4NO2P. The molecule has 1 amide bonds. The topological polar surface area (TPSA) is 29.5 Å². The molecule has 1 saturated heterocycles. The van der Waals surface area contributed by atoms with Crippen LogP contribution in [0, 0.1) is 0 Å². The minimum Gasteiger partial charge on any atom is -0.444 e. The van der Waals surface area contributed by atoms with Crippen LogP contribution in [0.1, 0.15) is 18.4 Å². The third kappa shape index (κ3) is 7.07. The van der Waals surface area contributed by atoms with E-state index >= 15 is 0 Å². The van der Waals surface area contributed by atoms with Crippen molar-refractivity contribution in [2.45, 2.75) is 25.2 Å². The highest BCUT2D eigenvalue weighted by Gasteiger charge is 2.57. The SMILES string of the molecule is F[B-](F)(F)F.O=C(OCc1ccccc1)N1CCC[C@@H]1[P+](c1ccccc1)(c1ccccc1)c1ccccc1. The van der Waals surface area contributed by atoms with E-state index in [0.717, 1.165) is 18.4 Å². The van der Waals surface area contributed by atoms with E-state index in [1.165, 1.54) is 15.9 Å². The van der Waals surface area contributed by atoms with Gasteiger partial charge in [0.2, 0.25) is 0 Å². The average molecular weight is 553 g/mol. The second kappa shape index (κ2) is 12.9. The lowest BCUT2D eigenvalue weighted by Gasteiger charge is -2.36. The van der Waals surface area contributed by atoms with E-state index in [1.807, 2.05) is 35.2 Å². The number of halogens is 4. The lowest BCUT2D eigenvalue weighted by molar-refractivity contribution is 0.101. The van der Waals surface area contributed by atoms with Crippen LogP contribution in [0.5, 0.6) is 0 Å². The number of hydrogen-bond acceptors (Lipinski definition) is 2. The van der Waals surface area contributed by atoms with Crippen molar-refractivity contribution in [2.24, 2.45) is 0 Å². The number of amides is 1. The fourth-order valence-corrected chi connectivity index (χ4v) is 10.2. The maximum Gasteiger partial charge on any atom is 0.673 e. The van der Waals surface area contributed by atoms with Gasteiger partial charge >= 0.3 is 13.3 Å². The number of carbonyl (C=O) groups is 1. The number of hydrogen-bond donors (Lipinski definition) is 0. The van der Waals surface area contributed by atoms with E-state index in [1.54, 1.807) is 0 Å². The van der Waals surface area contributed by atoms with Crippen LogP contribution in [0.4, 0.5) is 22.1 Å². The summed E-state index contributed by atoms with van der Waals surface area (Å²) >= 11 is 0. The normalized spacial score (nSPS) is 15.3. The molecule has 9 heteroatoms. The highest BCUT2D eigenvalue weighted by Crippen LogP contribution is 2.63. The Bertz CT molecular complexity index is 1210. The van der Waals surface area contributed by atoms with Crippen LogP contribution in [-0.2, 0) is 11.3 Å². The first-order chi connectivity index (χ1) is 18.8. The van der Waals surface area contributed by atoms with Crippen molar-refractivity contribution in [2.75, 3.05) is 6.54 Å². The zero-order valence-corrected chi connectivity index (χ0v) is 22.1. The predicted molar refractivity (Wildman–Crippen MR) is 152 cm³/mol. The zero-order chi connectivity index (χ0) is 27.7. The fraction of sp³-hybridized carbons (Fsp3) is 0.167. The van der Waals surface area contributed by atoms with Gasteiger partial charge in [-0.2, -0.15) is 0 Å². The average Bonchev–Trinajstić information content (AvgIpc) is 3.44. The Hall–Kier alpha value is -3.64. The molecule has 0 aromatic heterocycles. The second-order valence-electron chi connectivity index (χ2n) is 9.08. The molecule has 0 spiro atoms. The third-order valence-electron chi connectivity index (χ3n) is 6.60. The Morgan fingerprint density at radius 2 is 1.10 bits per heavy atom. The largest absolute Gasteiger partial charge is 0.673 e. The summed E-state index contributed by atoms with van der Waals surface area (Å²) in [5.74, 6) is 0.0444. The molecule has 39 heavy (non-hydrogen) atoms. The smallest absolute Gasteiger partial charge is 0.444 e. The molecule has 0 unspecified atom stereocenters. The molecule has 4 aromatic rings. The first-order valence-corrected chi connectivity index (χ1v) is 14.6. The van der Waals surface area contributed by atoms with Crippen molar-refractivity contribution >= 4 is 36.5 Å². The molecule has 5 rings (SSSR count). The highest BCUT2D eigenvalue weighted by atomic mass is 31.2. The Kier molecular flexibility index (Phi) is 9.42. The van der Waals surface area contributed by atoms with Crippen LogP contribution in [0.15, 0.2) is 121 Å². The van der Waals surface area contributed by atoms with Gasteiger partial charge < -0.3 is 22.0 Å². The van der Waals surface area contributed by atoms with Gasteiger partial charge in [-0.25, -0.2) is 4.79 Å². The van der Waals surface area contributed by atoms with E-state index in [4.69, 9.17) is 4.74 Å². The molecule has 0 bridgehead atoms. The number of likely N-dealkylation sites (tertiary alicyclic amines) is 1. The molecule has 3 nitrogen and oxygen atoms in total. The summed E-state index contributed by atoms with van der Waals surface area (Å²) in [4.78, 5) is 15.5. The maximum absolute atomic E-state index is 13.5. The van der Waals surface area contributed by atoms with Gasteiger partial charge in [0, 0.05) is 13.0 Å². The van der Waals surface area contributed by atoms with Gasteiger partial charge in [0.1, 0.15) is 29.8 Å². The summed E-state index contributed by atoms with van der Waals surface area (Å²) in [5.41, 5.74) is 1.00. The highest BCUT2D eigenvalue weighted by molar-refractivity contribution is 7.96. The molecule has 1 fully saturated rings. The quantitative estimate of drug-likeness (QED) is 0.146. The minimum atomic E-state index is -6.00. The zero-order valence-electron chi connectivity index (χ0n) is 21.3. The lowest BCUT2D eigenvalue weighted by atomic mass is 10.2. The molecule has 202 valence electrons. The van der Waals surface area contributed by atoms with Crippen LogP contribution in [0.3, 0.4) is 0 Å². The van der Waals surface area contributed by atoms with Gasteiger partial charge in [0.15, 0.2) is 5.78 Å². The van der Waals surface area contributed by atoms with E-state index in [0.29, 0.717) is 6.54 Å². The third-order valence-corrected chi connectivity index (χ3v) is 11.4. The van der Waals surface area contributed by atoms with Crippen LogP contribution < -0.4 is 15.9 Å². The summed E-state index contributed by atoms with van der Waals surface area (Å²) in [7, 11) is -8.18. The van der Waals surface area contributed by atoms with Gasteiger partial charge in [-0.1, -0.05) is 84.9 Å². The first-order valence-electron chi connectivity index (χ1n) is 12.7. The van der Waals surface area contributed by atoms with Crippen molar-refractivity contribution in [3.8, 4) is 0 Å². The van der Waals surface area contributed by atoms with E-state index in [9.17, 15) is 22.1 Å². The van der Waals surface area contributed by atoms with Gasteiger partial charge in [-0.3, -0.25) is 4.90 Å². The van der Waals surface area contributed by atoms with Gasteiger partial charge in [-0.05, 0) is 48.4 Å². The molecule has 0 aliphatic carbocycles. The van der Waals surface area contributed by atoms with Crippen molar-refractivity contribution < 1.29 is 26.8 Å². The van der Waals surface area contributed by atoms with E-state index < -0.39 is 14.5 Å². The number of rotatable bonds is 6. The Morgan fingerprint density at radius 1 is 0.718 bits per heavy atom. The Morgan fingerprint density at radius 3 is 1.51 bits per heavy atom. The number of nitrogens with zero attached hydrogens (tertiary/aromatic N) is 1. The summed E-state index contributed by atoms with van der Waals surface area (Å²) in [5, 5.41) is 3.88. The summed E-state index contributed by atoms with van der Waals surface area (Å²) in [6.07, 6.45) is 1.70. The summed E-state index contributed by atoms with van der Waals surface area (Å²) < 4.78 is 44.8. The van der Waals surface area contributed by atoms with E-state index in [2.05, 4.69) is 91.0 Å². The molecule has 0 radical (unpaired) electrons. The summed E-state index contributed by atoms with van der Waals surface area (Å²) in [6.45, 7) is 1.00. The van der Waals surface area contributed by atoms with E-state index in [-0.39, 0.29) is 18.5 Å². The van der Waals surface area contributed by atoms with Crippen molar-refractivity contribution in [3.63, 3.8) is 0 Å². The number of benzene rings is 4. The monoisotopic (exact) mass is 553 g/mol. The number of ether oxygens (including phenoxy) is 1. The van der Waals surface area contributed by atoms with Crippen LogP contribution in [-0.4, -0.2) is 30.6 Å². The lowest BCUT2D eigenvalue weighted by Crippen LogP contribution is -2.47. The number of carbonyl (C=O) groups excluding carboxylic acids is 1. The molecule has 4 aromatic carbocycles. The van der Waals surface area contributed by atoms with Crippen LogP contribution in [0.25, 0.3) is 0 Å². The van der Waals surface area contributed by atoms with Gasteiger partial charge in [0.05, 0.1) is 0 Å². The van der Waals surface area contributed by atoms with Gasteiger partial charge in [-0.15, -0.1) is 0 Å². The minimum absolute atomic E-state index is 0.0444. The first kappa shape index (κ1) is 28.4.